The van der Waals surface area contributed by atoms with Crippen molar-refractivity contribution in [3.63, 3.8) is 0 Å². The second kappa shape index (κ2) is 10.2. The van der Waals surface area contributed by atoms with Crippen molar-refractivity contribution in [3.8, 4) is 11.5 Å². The molecule has 3 atom stereocenters. The molecule has 0 aliphatic carbocycles. The summed E-state index contributed by atoms with van der Waals surface area (Å²) >= 11 is 0. The number of hydrogen-bond donors (Lipinski definition) is 0. The summed E-state index contributed by atoms with van der Waals surface area (Å²) in [5.74, 6) is 3.31. The van der Waals surface area contributed by atoms with Gasteiger partial charge in [-0.2, -0.15) is 0 Å². The number of likely N-dealkylation sites (N-methyl/N-ethyl adjacent to an activating group) is 2. The molecule has 1 unspecified atom stereocenters. The number of methoxy groups -OCH3 is 1. The van der Waals surface area contributed by atoms with E-state index in [9.17, 15) is 4.79 Å². The van der Waals surface area contributed by atoms with Crippen molar-refractivity contribution >= 4 is 14.2 Å². The van der Waals surface area contributed by atoms with Crippen molar-refractivity contribution in [2.24, 2.45) is 0 Å². The lowest BCUT2D eigenvalue weighted by Gasteiger charge is -2.33. The first-order chi connectivity index (χ1) is 16.7. The monoisotopic (exact) mass is 485 g/mol. The highest BCUT2D eigenvalue weighted by Crippen LogP contribution is 2.47. The summed E-state index contributed by atoms with van der Waals surface area (Å²) in [6.45, 7) is 6.60. The number of amides is 1. The van der Waals surface area contributed by atoms with Crippen LogP contribution in [0.1, 0.15) is 23.2 Å². The van der Waals surface area contributed by atoms with Crippen molar-refractivity contribution in [2.45, 2.75) is 43.9 Å². The first kappa shape index (κ1) is 25.0. The molecule has 0 saturated carbocycles. The SMILES string of the molecule is COC(=O)N1C=C(C2N(C)[C@@H](c3ccccc3)[C@H](c3ccccc3)N2C)C=CC1C#C[Si](C)(C)C. The highest BCUT2D eigenvalue weighted by Gasteiger charge is 2.46. The summed E-state index contributed by atoms with van der Waals surface area (Å²) in [7, 11) is 4.16. The molecule has 0 radical (unpaired) electrons. The molecule has 2 heterocycles. The van der Waals surface area contributed by atoms with Crippen LogP contribution in [-0.2, 0) is 4.74 Å². The molecule has 4 rings (SSSR count). The van der Waals surface area contributed by atoms with Gasteiger partial charge < -0.3 is 4.74 Å². The topological polar surface area (TPSA) is 36.0 Å². The van der Waals surface area contributed by atoms with E-state index in [1.165, 1.54) is 18.2 Å². The molecule has 35 heavy (non-hydrogen) atoms. The van der Waals surface area contributed by atoms with Crippen molar-refractivity contribution in [3.05, 3.63) is 95.7 Å². The van der Waals surface area contributed by atoms with E-state index in [2.05, 4.69) is 122 Å². The van der Waals surface area contributed by atoms with Crippen LogP contribution in [0, 0.1) is 11.5 Å². The average molecular weight is 486 g/mol. The van der Waals surface area contributed by atoms with Gasteiger partial charge in [-0.3, -0.25) is 14.7 Å². The quantitative estimate of drug-likeness (QED) is 0.428. The van der Waals surface area contributed by atoms with Crippen LogP contribution in [0.5, 0.6) is 0 Å². The predicted octanol–water partition coefficient (Wildman–Crippen LogP) is 5.44. The zero-order valence-corrected chi connectivity index (χ0v) is 22.5. The number of hydrogen-bond acceptors (Lipinski definition) is 4. The number of carbonyl (C=O) groups excluding carboxylic acids is 1. The first-order valence-corrected chi connectivity index (χ1v) is 15.5. The number of benzene rings is 2. The minimum absolute atomic E-state index is 0.0280. The lowest BCUT2D eigenvalue weighted by Crippen LogP contribution is -2.42. The molecule has 0 aromatic heterocycles. The third-order valence-corrected chi connectivity index (χ3v) is 7.46. The maximum absolute atomic E-state index is 12.7. The summed E-state index contributed by atoms with van der Waals surface area (Å²) in [5, 5.41) is 0. The molecule has 0 N–H and O–H groups in total. The first-order valence-electron chi connectivity index (χ1n) is 12.0. The third-order valence-electron chi connectivity index (χ3n) is 6.57. The third kappa shape index (κ3) is 5.28. The van der Waals surface area contributed by atoms with Gasteiger partial charge in [0.1, 0.15) is 14.1 Å². The largest absolute Gasteiger partial charge is 0.452 e. The Balaban J connectivity index is 1.74. The summed E-state index contributed by atoms with van der Waals surface area (Å²) in [6, 6.07) is 21.3. The Bertz CT molecular complexity index is 1110. The van der Waals surface area contributed by atoms with E-state index in [1.807, 2.05) is 12.3 Å². The van der Waals surface area contributed by atoms with Gasteiger partial charge in [-0.1, -0.05) is 92.3 Å². The second-order valence-electron chi connectivity index (χ2n) is 10.2. The maximum Gasteiger partial charge on any atom is 0.414 e. The van der Waals surface area contributed by atoms with Gasteiger partial charge in [-0.15, -0.1) is 5.54 Å². The van der Waals surface area contributed by atoms with Crippen molar-refractivity contribution < 1.29 is 9.53 Å². The zero-order valence-electron chi connectivity index (χ0n) is 21.5. The standard InChI is InChI=1S/C29H35N3O2Si/c1-30-26(22-13-9-7-10-14-22)27(23-15-11-8-12-16-23)31(2)28(30)24-17-18-25(19-20-35(4,5)6)32(21-24)29(33)34-3/h7-18,21,25-28H,1-6H3/t25?,26-,27-/m0/s1. The molecule has 2 aromatic carbocycles. The van der Waals surface area contributed by atoms with E-state index in [0.29, 0.717) is 0 Å². The lowest BCUT2D eigenvalue weighted by molar-refractivity contribution is 0.135. The molecule has 2 aliphatic heterocycles. The van der Waals surface area contributed by atoms with Gasteiger partial charge in [0.2, 0.25) is 0 Å². The van der Waals surface area contributed by atoms with Crippen LogP contribution in [0.25, 0.3) is 0 Å². The molecule has 0 spiro atoms. The highest BCUT2D eigenvalue weighted by atomic mass is 28.3. The number of carbonyl (C=O) groups is 1. The van der Waals surface area contributed by atoms with E-state index in [4.69, 9.17) is 4.74 Å². The molecule has 182 valence electrons. The van der Waals surface area contributed by atoms with Gasteiger partial charge in [0, 0.05) is 11.8 Å². The fraction of sp³-hybridized carbons (Fsp3) is 0.345. The van der Waals surface area contributed by atoms with E-state index in [-0.39, 0.29) is 24.3 Å². The van der Waals surface area contributed by atoms with E-state index in [1.54, 1.807) is 4.90 Å². The second-order valence-corrected chi connectivity index (χ2v) is 15.0. The Hall–Kier alpha value is -3.11. The van der Waals surface area contributed by atoms with Gasteiger partial charge in [0.05, 0.1) is 25.4 Å². The molecule has 1 amide bonds. The molecule has 2 aliphatic rings. The van der Waals surface area contributed by atoms with Gasteiger partial charge in [-0.05, 0) is 31.3 Å². The smallest absolute Gasteiger partial charge is 0.414 e. The Morgan fingerprint density at radius 2 is 1.40 bits per heavy atom. The number of nitrogens with zero attached hydrogens (tertiary/aromatic N) is 3. The fourth-order valence-corrected chi connectivity index (χ4v) is 5.63. The van der Waals surface area contributed by atoms with Crippen molar-refractivity contribution in [2.75, 3.05) is 21.2 Å². The van der Waals surface area contributed by atoms with Gasteiger partial charge in [0.25, 0.3) is 0 Å². The molecule has 0 bridgehead atoms. The molecule has 1 fully saturated rings. The van der Waals surface area contributed by atoms with Gasteiger partial charge in [-0.25, -0.2) is 4.79 Å². The van der Waals surface area contributed by atoms with Crippen LogP contribution in [0.2, 0.25) is 19.6 Å². The summed E-state index contributed by atoms with van der Waals surface area (Å²) in [6.07, 6.45) is 5.64. The number of ether oxygens (including phenoxy) is 1. The van der Waals surface area contributed by atoms with Crippen LogP contribution in [-0.4, -0.2) is 62.3 Å². The van der Waals surface area contributed by atoms with Crippen LogP contribution >= 0.6 is 0 Å². The lowest BCUT2D eigenvalue weighted by atomic mass is 9.93. The van der Waals surface area contributed by atoms with Crippen molar-refractivity contribution in [1.29, 1.82) is 0 Å². The van der Waals surface area contributed by atoms with Crippen LogP contribution in [0.15, 0.2) is 84.6 Å². The minimum Gasteiger partial charge on any atom is -0.452 e. The highest BCUT2D eigenvalue weighted by molar-refractivity contribution is 6.83. The minimum atomic E-state index is -1.58. The van der Waals surface area contributed by atoms with E-state index in [0.717, 1.165) is 5.57 Å². The summed E-state index contributed by atoms with van der Waals surface area (Å²) < 4.78 is 5.12. The Kier molecular flexibility index (Phi) is 7.32. The van der Waals surface area contributed by atoms with E-state index < -0.39 is 14.2 Å². The Labute approximate surface area is 210 Å². The fourth-order valence-electron chi connectivity index (χ4n) is 5.05. The zero-order chi connectivity index (χ0) is 25.2. The molecule has 6 heteroatoms. The molecule has 1 saturated heterocycles. The summed E-state index contributed by atoms with van der Waals surface area (Å²) in [5.41, 5.74) is 6.96. The van der Waals surface area contributed by atoms with Crippen LogP contribution < -0.4 is 0 Å². The van der Waals surface area contributed by atoms with Crippen LogP contribution in [0.4, 0.5) is 4.79 Å². The Morgan fingerprint density at radius 3 is 1.86 bits per heavy atom. The summed E-state index contributed by atoms with van der Waals surface area (Å²) in [4.78, 5) is 19.2. The van der Waals surface area contributed by atoms with Crippen molar-refractivity contribution in [1.82, 2.24) is 14.7 Å². The molecular formula is C29H35N3O2Si. The Morgan fingerprint density at radius 1 is 0.886 bits per heavy atom. The molecule has 2 aromatic rings. The van der Waals surface area contributed by atoms with Crippen LogP contribution in [0.3, 0.4) is 0 Å². The van der Waals surface area contributed by atoms with E-state index >= 15 is 0 Å². The number of rotatable bonds is 3. The average Bonchev–Trinajstić information content (AvgIpc) is 3.12. The van der Waals surface area contributed by atoms with Gasteiger partial charge in [0.15, 0.2) is 0 Å². The molecule has 5 nitrogen and oxygen atoms in total. The normalized spacial score (nSPS) is 23.5. The predicted molar refractivity (Wildman–Crippen MR) is 144 cm³/mol. The van der Waals surface area contributed by atoms with Gasteiger partial charge >= 0.3 is 6.09 Å². The molecular weight excluding hydrogens is 450 g/mol. The maximum atomic E-state index is 12.7.